The third kappa shape index (κ3) is 2.71. The minimum Gasteiger partial charge on any atom is -0.363 e. The molecule has 1 N–H and O–H groups in total. The molecule has 0 bridgehead atoms. The van der Waals surface area contributed by atoms with Gasteiger partial charge in [-0.3, -0.25) is 0 Å². The largest absolute Gasteiger partial charge is 0.363 e. The molecule has 0 radical (unpaired) electrons. The van der Waals surface area contributed by atoms with Crippen LogP contribution in [0, 0.1) is 6.92 Å². The van der Waals surface area contributed by atoms with Gasteiger partial charge >= 0.3 is 0 Å². The van der Waals surface area contributed by atoms with Gasteiger partial charge < -0.3 is 5.32 Å². The number of nitrogens with zero attached hydrogens (tertiary/aromatic N) is 2. The number of rotatable bonds is 2. The summed E-state index contributed by atoms with van der Waals surface area (Å²) in [6, 6.07) is 10.7. The summed E-state index contributed by atoms with van der Waals surface area (Å²) in [6.45, 7) is 1.85. The smallest absolute Gasteiger partial charge is 0.134 e. The van der Waals surface area contributed by atoms with Crippen LogP contribution in [0.5, 0.6) is 0 Å². The first-order chi connectivity index (χ1) is 9.22. The molecule has 19 heavy (non-hydrogen) atoms. The van der Waals surface area contributed by atoms with Gasteiger partial charge in [-0.15, -0.1) is 0 Å². The molecule has 1 aromatic carbocycles. The fourth-order valence-electron chi connectivity index (χ4n) is 2.69. The van der Waals surface area contributed by atoms with E-state index in [-0.39, 0.29) is 0 Å². The van der Waals surface area contributed by atoms with Crippen molar-refractivity contribution in [1.82, 2.24) is 9.97 Å². The molecule has 3 rings (SSSR count). The quantitative estimate of drug-likeness (QED) is 0.843. The molecule has 1 unspecified atom stereocenters. The number of aromatic nitrogens is 2. The fraction of sp³-hybridized carbons (Fsp3) is 0.333. The molecule has 1 heterocycles. The minimum atomic E-state index is 0.315. The summed E-state index contributed by atoms with van der Waals surface area (Å²) >= 11 is 5.98. The van der Waals surface area contributed by atoms with Gasteiger partial charge in [-0.05, 0) is 37.3 Å². The van der Waals surface area contributed by atoms with Crippen LogP contribution in [0.3, 0.4) is 0 Å². The number of hydrogen-bond acceptors (Lipinski definition) is 3. The Morgan fingerprint density at radius 1 is 1.26 bits per heavy atom. The van der Waals surface area contributed by atoms with Gasteiger partial charge in [-0.1, -0.05) is 35.9 Å². The molecule has 1 aliphatic rings. The topological polar surface area (TPSA) is 37.8 Å². The third-order valence-corrected chi connectivity index (χ3v) is 3.69. The summed E-state index contributed by atoms with van der Waals surface area (Å²) in [5.41, 5.74) is 2.81. The summed E-state index contributed by atoms with van der Waals surface area (Å²) < 4.78 is 0. The fourth-order valence-corrected chi connectivity index (χ4v) is 2.91. The van der Waals surface area contributed by atoms with Crippen LogP contribution in [-0.4, -0.2) is 9.97 Å². The molecule has 0 saturated heterocycles. The number of fused-ring (bicyclic) bond motifs is 1. The van der Waals surface area contributed by atoms with Crippen LogP contribution in [-0.2, 0) is 6.42 Å². The third-order valence-electron chi connectivity index (χ3n) is 3.50. The van der Waals surface area contributed by atoms with Crippen molar-refractivity contribution >= 4 is 17.4 Å². The van der Waals surface area contributed by atoms with Crippen molar-refractivity contribution in [1.29, 1.82) is 0 Å². The van der Waals surface area contributed by atoms with E-state index >= 15 is 0 Å². The van der Waals surface area contributed by atoms with Crippen LogP contribution in [0.15, 0.2) is 30.3 Å². The second-order valence-electron chi connectivity index (χ2n) is 4.91. The van der Waals surface area contributed by atoms with Crippen molar-refractivity contribution in [2.45, 2.75) is 32.2 Å². The molecule has 0 amide bonds. The van der Waals surface area contributed by atoms with Crippen molar-refractivity contribution in [3.05, 3.63) is 52.4 Å². The van der Waals surface area contributed by atoms with E-state index in [1.165, 1.54) is 17.5 Å². The van der Waals surface area contributed by atoms with E-state index < -0.39 is 0 Å². The molecule has 3 nitrogen and oxygen atoms in total. The Morgan fingerprint density at radius 2 is 2.11 bits per heavy atom. The number of hydrogen-bond donors (Lipinski definition) is 1. The molecule has 0 saturated carbocycles. The Balaban J connectivity index is 1.88. The Morgan fingerprint density at radius 3 is 2.95 bits per heavy atom. The van der Waals surface area contributed by atoms with Gasteiger partial charge in [-0.2, -0.15) is 0 Å². The molecular formula is C15H16ClN3. The zero-order chi connectivity index (χ0) is 13.2. The second kappa shape index (κ2) is 5.17. The number of halogens is 1. The highest BCUT2D eigenvalue weighted by molar-refractivity contribution is 6.29. The van der Waals surface area contributed by atoms with Crippen molar-refractivity contribution in [3.8, 4) is 0 Å². The lowest BCUT2D eigenvalue weighted by atomic mass is 9.88. The van der Waals surface area contributed by atoms with Crippen LogP contribution in [0.1, 0.15) is 35.8 Å². The van der Waals surface area contributed by atoms with Crippen LogP contribution in [0.2, 0.25) is 5.15 Å². The van der Waals surface area contributed by atoms with E-state index in [9.17, 15) is 0 Å². The highest BCUT2D eigenvalue weighted by Crippen LogP contribution is 2.32. The second-order valence-corrected chi connectivity index (χ2v) is 5.30. The molecule has 0 fully saturated rings. The Labute approximate surface area is 118 Å². The molecule has 0 aliphatic heterocycles. The average Bonchev–Trinajstić information content (AvgIpc) is 2.38. The van der Waals surface area contributed by atoms with E-state index in [2.05, 4.69) is 39.6 Å². The maximum Gasteiger partial charge on any atom is 0.134 e. The monoisotopic (exact) mass is 273 g/mol. The molecule has 2 aromatic rings. The van der Waals surface area contributed by atoms with E-state index in [0.29, 0.717) is 17.0 Å². The number of anilines is 1. The van der Waals surface area contributed by atoms with Crippen LogP contribution in [0.4, 0.5) is 5.82 Å². The average molecular weight is 274 g/mol. The molecule has 4 heteroatoms. The molecule has 1 atom stereocenters. The standard InChI is InChI=1S/C15H16ClN3/c1-10-17-14(16)9-15(18-10)19-13-8-4-6-11-5-2-3-7-12(11)13/h2-3,5,7,9,13H,4,6,8H2,1H3,(H,17,18,19). The molecule has 98 valence electrons. The zero-order valence-corrected chi connectivity index (χ0v) is 11.6. The van der Waals surface area contributed by atoms with Crippen LogP contribution < -0.4 is 5.32 Å². The van der Waals surface area contributed by atoms with E-state index in [0.717, 1.165) is 18.7 Å². The first-order valence-electron chi connectivity index (χ1n) is 6.58. The lowest BCUT2D eigenvalue weighted by molar-refractivity contribution is 0.598. The van der Waals surface area contributed by atoms with Gasteiger partial charge in [-0.25, -0.2) is 9.97 Å². The zero-order valence-electron chi connectivity index (χ0n) is 10.9. The predicted octanol–water partition coefficient (Wildman–Crippen LogP) is 3.93. The van der Waals surface area contributed by atoms with Crippen molar-refractivity contribution in [3.63, 3.8) is 0 Å². The lowest BCUT2D eigenvalue weighted by Crippen LogP contribution is -2.18. The van der Waals surface area contributed by atoms with Crippen LogP contribution in [0.25, 0.3) is 0 Å². The maximum absolute atomic E-state index is 5.98. The molecule has 1 aromatic heterocycles. The Bertz CT molecular complexity index is 577. The summed E-state index contributed by atoms with van der Waals surface area (Å²) in [6.07, 6.45) is 3.49. The van der Waals surface area contributed by atoms with E-state index in [1.807, 2.05) is 6.92 Å². The number of nitrogens with one attached hydrogen (secondary N) is 1. The van der Waals surface area contributed by atoms with E-state index in [1.54, 1.807) is 6.07 Å². The SMILES string of the molecule is Cc1nc(Cl)cc(NC2CCCc3ccccc32)n1. The van der Waals surface area contributed by atoms with Gasteiger partial charge in [0.1, 0.15) is 16.8 Å². The van der Waals surface area contributed by atoms with Crippen molar-refractivity contribution in [2.75, 3.05) is 5.32 Å². The highest BCUT2D eigenvalue weighted by atomic mass is 35.5. The van der Waals surface area contributed by atoms with Gasteiger partial charge in [0, 0.05) is 6.07 Å². The van der Waals surface area contributed by atoms with E-state index in [4.69, 9.17) is 11.6 Å². The summed E-state index contributed by atoms with van der Waals surface area (Å²) in [7, 11) is 0. The molecular weight excluding hydrogens is 258 g/mol. The Kier molecular flexibility index (Phi) is 3.38. The van der Waals surface area contributed by atoms with Crippen LogP contribution >= 0.6 is 11.6 Å². The lowest BCUT2D eigenvalue weighted by Gasteiger charge is -2.26. The van der Waals surface area contributed by atoms with Gasteiger partial charge in [0.05, 0.1) is 6.04 Å². The predicted molar refractivity (Wildman–Crippen MR) is 77.5 cm³/mol. The minimum absolute atomic E-state index is 0.315. The maximum atomic E-state index is 5.98. The highest BCUT2D eigenvalue weighted by Gasteiger charge is 2.19. The first-order valence-corrected chi connectivity index (χ1v) is 6.96. The van der Waals surface area contributed by atoms with Crippen molar-refractivity contribution in [2.24, 2.45) is 0 Å². The summed E-state index contributed by atoms with van der Waals surface area (Å²) in [5.74, 6) is 1.50. The normalized spacial score (nSPS) is 17.9. The summed E-state index contributed by atoms with van der Waals surface area (Å²) in [4.78, 5) is 8.48. The summed E-state index contributed by atoms with van der Waals surface area (Å²) in [5, 5.41) is 3.97. The van der Waals surface area contributed by atoms with Gasteiger partial charge in [0.25, 0.3) is 0 Å². The van der Waals surface area contributed by atoms with Crippen molar-refractivity contribution < 1.29 is 0 Å². The first kappa shape index (κ1) is 12.4. The molecule has 1 aliphatic carbocycles. The molecule has 0 spiro atoms. The van der Waals surface area contributed by atoms with Gasteiger partial charge in [0.2, 0.25) is 0 Å². The Hall–Kier alpha value is -1.61. The number of aryl methyl sites for hydroxylation is 2. The number of benzene rings is 1. The van der Waals surface area contributed by atoms with Gasteiger partial charge in [0.15, 0.2) is 0 Å².